The van der Waals surface area contributed by atoms with Crippen LogP contribution < -0.4 is 20.7 Å². The molecule has 2 aromatic heterocycles. The molecule has 76 heavy (non-hydrogen) atoms. The Morgan fingerprint density at radius 3 is 1.32 bits per heavy atom. The number of hydrogen-bond acceptors (Lipinski definition) is 0. The van der Waals surface area contributed by atoms with Gasteiger partial charge in [-0.15, -0.1) is 0 Å². The Kier molecular flexibility index (Phi) is 10.2. The van der Waals surface area contributed by atoms with E-state index in [1.165, 1.54) is 103 Å². The minimum atomic E-state index is -2.83. The lowest BCUT2D eigenvalue weighted by Crippen LogP contribution is -2.74. The minimum Gasteiger partial charge on any atom is -0.309 e. The van der Waals surface area contributed by atoms with Crippen LogP contribution in [0.2, 0.25) is 0 Å². The van der Waals surface area contributed by atoms with E-state index in [-0.39, 0.29) is 0 Å². The van der Waals surface area contributed by atoms with Gasteiger partial charge in [-0.2, -0.15) is 0 Å². The summed E-state index contributed by atoms with van der Waals surface area (Å²) in [7, 11) is -2.83. The van der Waals surface area contributed by atoms with Gasteiger partial charge in [0.25, 0.3) is 0 Å². The fourth-order valence-corrected chi connectivity index (χ4v) is 18.3. The first kappa shape index (κ1) is 44.0. The molecule has 1 aliphatic carbocycles. The van der Waals surface area contributed by atoms with E-state index in [0.717, 1.165) is 16.9 Å². The normalized spacial score (nSPS) is 12.8. The fraction of sp³-hybridized carbons (Fsp3) is 0.0137. The molecule has 3 heteroatoms. The maximum Gasteiger partial charge on any atom is 0.179 e. The van der Waals surface area contributed by atoms with E-state index in [9.17, 15) is 0 Å². The third-order valence-electron chi connectivity index (χ3n) is 16.5. The average Bonchev–Trinajstić information content (AvgIpc) is 4.15. The van der Waals surface area contributed by atoms with Crippen molar-refractivity contribution in [3.8, 4) is 33.6 Å². The molecule has 15 rings (SSSR count). The topological polar surface area (TPSA) is 9.86 Å². The lowest BCUT2D eigenvalue weighted by Gasteiger charge is -2.35. The van der Waals surface area contributed by atoms with E-state index in [1.807, 2.05) is 0 Å². The monoisotopic (exact) mass is 982 g/mol. The number of hydrogen-bond donors (Lipinski definition) is 0. The third kappa shape index (κ3) is 6.33. The second-order valence-electron chi connectivity index (χ2n) is 20.3. The summed E-state index contributed by atoms with van der Waals surface area (Å²) >= 11 is 0. The lowest BCUT2D eigenvalue weighted by atomic mass is 9.66. The summed E-state index contributed by atoms with van der Waals surface area (Å²) in [5, 5.41) is 10.3. The molecule has 0 fully saturated rings. The molecule has 356 valence electrons. The van der Waals surface area contributed by atoms with Crippen molar-refractivity contribution < 1.29 is 0 Å². The Balaban J connectivity index is 0.999. The molecule has 0 N–H and O–H groups in total. The zero-order valence-electron chi connectivity index (χ0n) is 41.8. The predicted molar refractivity (Wildman–Crippen MR) is 321 cm³/mol. The molecule has 2 heterocycles. The van der Waals surface area contributed by atoms with Crippen LogP contribution in [-0.4, -0.2) is 17.2 Å². The van der Waals surface area contributed by atoms with Crippen molar-refractivity contribution in [2.75, 3.05) is 0 Å². The smallest absolute Gasteiger partial charge is 0.179 e. The van der Waals surface area contributed by atoms with Crippen LogP contribution in [0.3, 0.4) is 0 Å². The minimum absolute atomic E-state index is 0.569. The Morgan fingerprint density at radius 1 is 0.263 bits per heavy atom. The van der Waals surface area contributed by atoms with Crippen molar-refractivity contribution in [2.24, 2.45) is 0 Å². The molecular formula is C73H50N2Si. The first-order chi connectivity index (χ1) is 37.7. The van der Waals surface area contributed by atoms with E-state index >= 15 is 0 Å². The van der Waals surface area contributed by atoms with E-state index in [4.69, 9.17) is 0 Å². The summed E-state index contributed by atoms with van der Waals surface area (Å²) in [5.74, 6) is 0. The molecule has 0 saturated carbocycles. The third-order valence-corrected chi connectivity index (χ3v) is 21.3. The molecular weight excluding hydrogens is 933 g/mol. The van der Waals surface area contributed by atoms with Crippen LogP contribution in [0.15, 0.2) is 303 Å². The quantitative estimate of drug-likeness (QED) is 0.101. The second-order valence-corrected chi connectivity index (χ2v) is 24.1. The SMILES string of the molecule is c1ccc(C2(c3ccccc3)c3ccccc3-c3cccc(-c4cccc5c6ccccc6n(-c6ccc7c8ccccc8n(-c8cccc([Si](c9ccccc9)(c9ccccc9)c9ccccc9)c8)c7c6)c45)c32)cc1. The van der Waals surface area contributed by atoms with Gasteiger partial charge in [0.1, 0.15) is 0 Å². The van der Waals surface area contributed by atoms with Gasteiger partial charge in [0.05, 0.1) is 27.5 Å². The van der Waals surface area contributed by atoms with Crippen LogP contribution in [0.5, 0.6) is 0 Å². The molecule has 0 atom stereocenters. The highest BCUT2D eigenvalue weighted by molar-refractivity contribution is 7.19. The molecule has 0 saturated heterocycles. The van der Waals surface area contributed by atoms with Gasteiger partial charge < -0.3 is 9.13 Å². The van der Waals surface area contributed by atoms with Crippen LogP contribution in [-0.2, 0) is 5.41 Å². The van der Waals surface area contributed by atoms with Gasteiger partial charge >= 0.3 is 0 Å². The van der Waals surface area contributed by atoms with E-state index < -0.39 is 13.5 Å². The Morgan fingerprint density at radius 2 is 0.684 bits per heavy atom. The second kappa shape index (κ2) is 17.6. The number of nitrogens with zero attached hydrogens (tertiary/aromatic N) is 2. The van der Waals surface area contributed by atoms with Gasteiger partial charge in [0, 0.05) is 38.5 Å². The van der Waals surface area contributed by atoms with E-state index in [0.29, 0.717) is 0 Å². The molecule has 2 nitrogen and oxygen atoms in total. The molecule has 0 radical (unpaired) electrons. The van der Waals surface area contributed by atoms with E-state index in [2.05, 4.69) is 312 Å². The van der Waals surface area contributed by atoms with Crippen molar-refractivity contribution in [3.63, 3.8) is 0 Å². The van der Waals surface area contributed by atoms with Crippen molar-refractivity contribution in [1.29, 1.82) is 0 Å². The van der Waals surface area contributed by atoms with Crippen LogP contribution in [0.4, 0.5) is 0 Å². The summed E-state index contributed by atoms with van der Waals surface area (Å²) in [6, 6.07) is 114. The van der Waals surface area contributed by atoms with Gasteiger partial charge in [0.15, 0.2) is 8.07 Å². The molecule has 0 bridgehead atoms. The van der Waals surface area contributed by atoms with Crippen molar-refractivity contribution in [1.82, 2.24) is 9.13 Å². The van der Waals surface area contributed by atoms with E-state index in [1.54, 1.807) is 0 Å². The molecule has 0 unspecified atom stereocenters. The van der Waals surface area contributed by atoms with Crippen LogP contribution in [0.25, 0.3) is 77.2 Å². The zero-order valence-corrected chi connectivity index (χ0v) is 42.8. The average molecular weight is 983 g/mol. The molecule has 0 amide bonds. The Labute approximate surface area is 443 Å². The number of aromatic nitrogens is 2. The zero-order chi connectivity index (χ0) is 50.2. The summed E-state index contributed by atoms with van der Waals surface area (Å²) in [4.78, 5) is 0. The van der Waals surface area contributed by atoms with Gasteiger partial charge in [0.2, 0.25) is 0 Å². The van der Waals surface area contributed by atoms with Crippen molar-refractivity contribution in [2.45, 2.75) is 5.41 Å². The Bertz CT molecular complexity index is 4360. The maximum absolute atomic E-state index is 2.83. The summed E-state index contributed by atoms with van der Waals surface area (Å²) < 4.78 is 5.06. The van der Waals surface area contributed by atoms with Gasteiger partial charge in [-0.1, -0.05) is 267 Å². The summed E-state index contributed by atoms with van der Waals surface area (Å²) in [6.45, 7) is 0. The predicted octanol–water partition coefficient (Wildman–Crippen LogP) is 15.3. The molecule has 1 aliphatic rings. The number of para-hydroxylation sites is 3. The van der Waals surface area contributed by atoms with Gasteiger partial charge in [-0.3, -0.25) is 0 Å². The first-order valence-corrected chi connectivity index (χ1v) is 28.4. The molecule has 14 aromatic rings. The Hall–Kier alpha value is -9.54. The molecule has 0 aliphatic heterocycles. The highest BCUT2D eigenvalue weighted by Gasteiger charge is 2.48. The standard InChI is InChI=1S/C73H50N2Si/c1-6-25-51(26-7-1)73(52-27-8-2-9-28-52)67-44-19-16-37-59(67)63-40-23-41-64(71(63)73)66-43-24-42-65-61-39-18-21-46-69(61)75(72(65)66)54-47-48-62-60-38-17-20-45-68(60)74(70(62)50-54)53-29-22-36-58(49-53)76(55-30-10-3-11-31-55,56-32-12-4-13-33-56)57-34-14-5-15-35-57/h1-50H. The summed E-state index contributed by atoms with van der Waals surface area (Å²) in [5.41, 5.74) is 16.5. The largest absolute Gasteiger partial charge is 0.309 e. The number of rotatable bonds is 9. The number of fused-ring (bicyclic) bond motifs is 9. The van der Waals surface area contributed by atoms with Crippen LogP contribution >= 0.6 is 0 Å². The highest BCUT2D eigenvalue weighted by Crippen LogP contribution is 2.59. The van der Waals surface area contributed by atoms with Gasteiger partial charge in [-0.05, 0) is 96.1 Å². The van der Waals surface area contributed by atoms with Crippen LogP contribution in [0, 0.1) is 0 Å². The highest BCUT2D eigenvalue weighted by atomic mass is 28.3. The molecule has 0 spiro atoms. The first-order valence-electron chi connectivity index (χ1n) is 26.4. The van der Waals surface area contributed by atoms with Crippen molar-refractivity contribution in [3.05, 3.63) is 326 Å². The molecule has 12 aromatic carbocycles. The van der Waals surface area contributed by atoms with Crippen molar-refractivity contribution >= 4 is 72.4 Å². The van der Waals surface area contributed by atoms with Crippen LogP contribution in [0.1, 0.15) is 22.3 Å². The van der Waals surface area contributed by atoms with Gasteiger partial charge in [-0.25, -0.2) is 0 Å². The summed E-state index contributed by atoms with van der Waals surface area (Å²) in [6.07, 6.45) is 0. The fourth-order valence-electron chi connectivity index (χ4n) is 13.6. The number of benzene rings is 12. The maximum atomic E-state index is 2.55. The lowest BCUT2D eigenvalue weighted by molar-refractivity contribution is 0.770.